The number of ether oxygens (including phenoxy) is 1. The lowest BCUT2D eigenvalue weighted by Crippen LogP contribution is -2.36. The third-order valence-corrected chi connectivity index (χ3v) is 4.56. The summed E-state index contributed by atoms with van der Waals surface area (Å²) in [6, 6.07) is 0. The number of aromatic nitrogens is 2. The molecular weight excluding hydrogens is 292 g/mol. The van der Waals surface area contributed by atoms with Crippen LogP contribution in [0.3, 0.4) is 0 Å². The lowest BCUT2D eigenvalue weighted by Gasteiger charge is -2.20. The molecule has 0 spiro atoms. The number of methoxy groups -OCH3 is 1. The van der Waals surface area contributed by atoms with Crippen LogP contribution in [0.2, 0.25) is 0 Å². The van der Waals surface area contributed by atoms with Crippen molar-refractivity contribution < 1.29 is 14.6 Å². The van der Waals surface area contributed by atoms with E-state index in [1.807, 2.05) is 14.0 Å². The average molecular weight is 312 g/mol. The zero-order valence-electron chi connectivity index (χ0n) is 12.4. The molecule has 0 aliphatic rings. The second-order valence-corrected chi connectivity index (χ2v) is 5.74. The van der Waals surface area contributed by atoms with Crippen molar-refractivity contribution in [2.45, 2.75) is 6.92 Å². The molecule has 0 saturated carbocycles. The summed E-state index contributed by atoms with van der Waals surface area (Å²) < 4.78 is 6.73. The van der Waals surface area contributed by atoms with Crippen molar-refractivity contribution in [3.8, 4) is 0 Å². The Hall–Kier alpha value is -1.64. The van der Waals surface area contributed by atoms with E-state index in [2.05, 4.69) is 5.10 Å². The van der Waals surface area contributed by atoms with E-state index in [4.69, 9.17) is 15.6 Å². The Morgan fingerprint density at radius 2 is 2.24 bits per heavy atom. The van der Waals surface area contributed by atoms with Gasteiger partial charge in [0.15, 0.2) is 0 Å². The Morgan fingerprint density at radius 1 is 1.52 bits per heavy atom. The van der Waals surface area contributed by atoms with Gasteiger partial charge in [-0.1, -0.05) is 0 Å². The highest BCUT2D eigenvalue weighted by Crippen LogP contribution is 2.36. The summed E-state index contributed by atoms with van der Waals surface area (Å²) in [5, 5.41) is 14.3. The van der Waals surface area contributed by atoms with Gasteiger partial charge in [0.1, 0.15) is 9.71 Å². The van der Waals surface area contributed by atoms with Crippen molar-refractivity contribution in [3.63, 3.8) is 0 Å². The number of nitrogens with two attached hydrogens (primary N) is 1. The van der Waals surface area contributed by atoms with Crippen LogP contribution in [0.1, 0.15) is 15.4 Å². The number of carbonyl (C=O) groups is 1. The Labute approximate surface area is 126 Å². The number of aliphatic hydroxyl groups is 1. The number of fused-ring (bicyclic) bond motifs is 1. The standard InChI is InChI=1S/C13H20N4O3S/c1-8-9-10(14)11(21-13(9)16(2)15-8)12(19)17(4-6-18)5-7-20-3/h18H,4-7,14H2,1-3H3. The van der Waals surface area contributed by atoms with Gasteiger partial charge < -0.3 is 20.5 Å². The molecule has 0 unspecified atom stereocenters. The summed E-state index contributed by atoms with van der Waals surface area (Å²) in [6.45, 7) is 2.86. The van der Waals surface area contributed by atoms with Gasteiger partial charge >= 0.3 is 0 Å². The highest BCUT2D eigenvalue weighted by atomic mass is 32.1. The van der Waals surface area contributed by atoms with Gasteiger partial charge in [-0.3, -0.25) is 9.48 Å². The maximum absolute atomic E-state index is 12.6. The third-order valence-electron chi connectivity index (χ3n) is 3.30. The Morgan fingerprint density at radius 3 is 2.81 bits per heavy atom. The summed E-state index contributed by atoms with van der Waals surface area (Å²) in [5.74, 6) is -0.181. The quantitative estimate of drug-likeness (QED) is 0.815. The van der Waals surface area contributed by atoms with Crippen LogP contribution in [0.5, 0.6) is 0 Å². The van der Waals surface area contributed by atoms with Crippen LogP contribution in [-0.4, -0.2) is 59.1 Å². The number of hydrogen-bond donors (Lipinski definition) is 2. The van der Waals surface area contributed by atoms with E-state index in [1.165, 1.54) is 11.3 Å². The molecule has 21 heavy (non-hydrogen) atoms. The van der Waals surface area contributed by atoms with Crippen molar-refractivity contribution in [2.75, 3.05) is 39.1 Å². The Balaban J connectivity index is 2.37. The second kappa shape index (κ2) is 6.42. The first kappa shape index (κ1) is 15.7. The van der Waals surface area contributed by atoms with Crippen LogP contribution >= 0.6 is 11.3 Å². The minimum absolute atomic E-state index is 0.0964. The highest BCUT2D eigenvalue weighted by molar-refractivity contribution is 7.21. The van der Waals surface area contributed by atoms with Crippen LogP contribution in [0.4, 0.5) is 5.69 Å². The molecule has 0 fully saturated rings. The van der Waals surface area contributed by atoms with Crippen molar-refractivity contribution in [1.29, 1.82) is 0 Å². The molecule has 2 heterocycles. The number of rotatable bonds is 6. The van der Waals surface area contributed by atoms with Crippen molar-refractivity contribution in [2.24, 2.45) is 7.05 Å². The number of aryl methyl sites for hydroxylation is 2. The molecule has 2 aromatic rings. The summed E-state index contributed by atoms with van der Waals surface area (Å²) in [4.78, 5) is 15.5. The van der Waals surface area contributed by atoms with Gasteiger partial charge in [0.05, 0.1) is 30.0 Å². The molecule has 2 aromatic heterocycles. The fourth-order valence-corrected chi connectivity index (χ4v) is 3.42. The summed E-state index contributed by atoms with van der Waals surface area (Å²) in [5.41, 5.74) is 7.41. The lowest BCUT2D eigenvalue weighted by atomic mass is 10.2. The monoisotopic (exact) mass is 312 g/mol. The minimum Gasteiger partial charge on any atom is -0.397 e. The number of aliphatic hydroxyl groups excluding tert-OH is 1. The predicted octanol–water partition coefficient (Wildman–Crippen LogP) is 0.606. The van der Waals surface area contributed by atoms with Crippen LogP contribution < -0.4 is 5.73 Å². The molecule has 1 amide bonds. The second-order valence-electron chi connectivity index (χ2n) is 4.74. The van der Waals surface area contributed by atoms with Gasteiger partial charge in [-0.25, -0.2) is 0 Å². The summed E-state index contributed by atoms with van der Waals surface area (Å²) in [7, 11) is 3.40. The Kier molecular flexibility index (Phi) is 4.81. The van der Waals surface area contributed by atoms with Crippen LogP contribution in [0, 0.1) is 6.92 Å². The molecule has 0 aromatic carbocycles. The highest BCUT2D eigenvalue weighted by Gasteiger charge is 2.24. The van der Waals surface area contributed by atoms with E-state index in [-0.39, 0.29) is 19.1 Å². The van der Waals surface area contributed by atoms with E-state index in [9.17, 15) is 4.79 Å². The fraction of sp³-hybridized carbons (Fsp3) is 0.538. The molecular formula is C13H20N4O3S. The van der Waals surface area contributed by atoms with Crippen molar-refractivity contribution in [1.82, 2.24) is 14.7 Å². The molecule has 0 saturated heterocycles. The first-order chi connectivity index (χ1) is 10.0. The van der Waals surface area contributed by atoms with Gasteiger partial charge in [0.2, 0.25) is 0 Å². The number of anilines is 1. The van der Waals surface area contributed by atoms with Gasteiger partial charge in [0.25, 0.3) is 5.91 Å². The number of thiophene rings is 1. The number of amides is 1. The fourth-order valence-electron chi connectivity index (χ4n) is 2.27. The molecule has 0 atom stereocenters. The zero-order chi connectivity index (χ0) is 15.6. The van der Waals surface area contributed by atoms with Crippen LogP contribution in [0.25, 0.3) is 10.2 Å². The van der Waals surface area contributed by atoms with Gasteiger partial charge in [0, 0.05) is 27.2 Å². The SMILES string of the molecule is COCCN(CCO)C(=O)c1sc2c(c(C)nn2C)c1N. The summed E-state index contributed by atoms with van der Waals surface area (Å²) >= 11 is 1.33. The van der Waals surface area contributed by atoms with Crippen molar-refractivity contribution >= 4 is 33.1 Å². The normalized spacial score (nSPS) is 11.2. The molecule has 116 valence electrons. The van der Waals surface area contributed by atoms with Crippen LogP contribution in [-0.2, 0) is 11.8 Å². The number of carbonyl (C=O) groups excluding carboxylic acids is 1. The number of hydrogen-bond acceptors (Lipinski definition) is 6. The molecule has 0 aliphatic carbocycles. The minimum atomic E-state index is -0.181. The predicted molar refractivity (Wildman–Crippen MR) is 82.6 cm³/mol. The van der Waals surface area contributed by atoms with Crippen LogP contribution in [0.15, 0.2) is 0 Å². The first-order valence-corrected chi connectivity index (χ1v) is 7.43. The average Bonchev–Trinajstić information content (AvgIpc) is 2.93. The molecule has 0 aliphatic heterocycles. The summed E-state index contributed by atoms with van der Waals surface area (Å²) in [6.07, 6.45) is 0. The smallest absolute Gasteiger partial charge is 0.266 e. The zero-order valence-corrected chi connectivity index (χ0v) is 13.2. The van der Waals surface area contributed by atoms with E-state index < -0.39 is 0 Å². The lowest BCUT2D eigenvalue weighted by molar-refractivity contribution is 0.0662. The molecule has 7 nitrogen and oxygen atoms in total. The first-order valence-electron chi connectivity index (χ1n) is 6.61. The maximum atomic E-state index is 12.6. The maximum Gasteiger partial charge on any atom is 0.266 e. The van der Waals surface area contributed by atoms with E-state index in [0.717, 1.165) is 15.9 Å². The van der Waals surface area contributed by atoms with E-state index in [1.54, 1.807) is 16.7 Å². The number of nitrogens with zero attached hydrogens (tertiary/aromatic N) is 3. The van der Waals surface area contributed by atoms with E-state index in [0.29, 0.717) is 23.7 Å². The largest absolute Gasteiger partial charge is 0.397 e. The van der Waals surface area contributed by atoms with Gasteiger partial charge in [-0.15, -0.1) is 11.3 Å². The molecule has 0 radical (unpaired) electrons. The molecule has 8 heteroatoms. The van der Waals surface area contributed by atoms with E-state index >= 15 is 0 Å². The molecule has 0 bridgehead atoms. The third kappa shape index (κ3) is 2.87. The van der Waals surface area contributed by atoms with Crippen molar-refractivity contribution in [3.05, 3.63) is 10.6 Å². The van der Waals surface area contributed by atoms with Gasteiger partial charge in [-0.05, 0) is 6.92 Å². The topological polar surface area (TPSA) is 93.6 Å². The van der Waals surface area contributed by atoms with Gasteiger partial charge in [-0.2, -0.15) is 5.10 Å². The Bertz CT molecular complexity index is 649. The molecule has 2 rings (SSSR count). The molecule has 3 N–H and O–H groups in total. The number of nitrogen functional groups attached to an aromatic ring is 1.